The van der Waals surface area contributed by atoms with Gasteiger partial charge in [0.15, 0.2) is 0 Å². The molecule has 1 aliphatic heterocycles. The number of benzene rings is 1. The number of allylic oxidation sites excluding steroid dienone is 1. The first-order valence-corrected chi connectivity index (χ1v) is 7.13. The lowest BCUT2D eigenvalue weighted by Gasteiger charge is -2.35. The summed E-state index contributed by atoms with van der Waals surface area (Å²) in [5.41, 5.74) is 0.452. The van der Waals surface area contributed by atoms with Crippen LogP contribution in [-0.4, -0.2) is 36.0 Å². The summed E-state index contributed by atoms with van der Waals surface area (Å²) >= 11 is 0. The number of halogens is 1. The summed E-state index contributed by atoms with van der Waals surface area (Å²) < 4.78 is 13.6. The Morgan fingerprint density at radius 3 is 2.81 bits per heavy atom. The Morgan fingerprint density at radius 1 is 1.48 bits per heavy atom. The molecular formula is C15H20FN3O2. The Bertz CT molecular complexity index is 516. The number of nitro groups is 1. The average molecular weight is 293 g/mol. The lowest BCUT2D eigenvalue weighted by Crippen LogP contribution is -2.45. The minimum Gasteiger partial charge on any atom is -0.314 e. The van der Waals surface area contributed by atoms with Crippen LogP contribution in [0.4, 0.5) is 10.1 Å². The van der Waals surface area contributed by atoms with E-state index >= 15 is 0 Å². The van der Waals surface area contributed by atoms with Crippen LogP contribution in [0, 0.1) is 15.9 Å². The SMILES string of the molecule is C=CCC[C@@H](c1cc(F)ccc1[N+](=O)[O-])N1CCNCC1. The van der Waals surface area contributed by atoms with Gasteiger partial charge in [0.05, 0.1) is 4.92 Å². The van der Waals surface area contributed by atoms with Gasteiger partial charge in [0, 0.05) is 43.9 Å². The zero-order valence-corrected chi connectivity index (χ0v) is 11.9. The molecule has 0 radical (unpaired) electrons. The molecule has 0 amide bonds. The highest BCUT2D eigenvalue weighted by Gasteiger charge is 2.28. The van der Waals surface area contributed by atoms with Crippen molar-refractivity contribution in [1.82, 2.24) is 10.2 Å². The van der Waals surface area contributed by atoms with Gasteiger partial charge in [-0.25, -0.2) is 4.39 Å². The summed E-state index contributed by atoms with van der Waals surface area (Å²) in [5, 5.41) is 14.5. The molecule has 1 heterocycles. The Labute approximate surface area is 123 Å². The van der Waals surface area contributed by atoms with E-state index in [4.69, 9.17) is 0 Å². The van der Waals surface area contributed by atoms with Crippen molar-refractivity contribution in [2.24, 2.45) is 0 Å². The molecule has 1 aromatic carbocycles. The third-order valence-corrected chi connectivity index (χ3v) is 3.78. The highest BCUT2D eigenvalue weighted by atomic mass is 19.1. The smallest absolute Gasteiger partial charge is 0.274 e. The van der Waals surface area contributed by atoms with Gasteiger partial charge in [-0.1, -0.05) is 6.08 Å². The van der Waals surface area contributed by atoms with Crippen molar-refractivity contribution in [3.8, 4) is 0 Å². The van der Waals surface area contributed by atoms with E-state index in [1.54, 1.807) is 6.08 Å². The minimum absolute atomic E-state index is 0.0102. The Balaban J connectivity index is 2.36. The van der Waals surface area contributed by atoms with E-state index in [0.717, 1.165) is 38.7 Å². The van der Waals surface area contributed by atoms with Crippen molar-refractivity contribution >= 4 is 5.69 Å². The second-order valence-corrected chi connectivity index (χ2v) is 5.13. The quantitative estimate of drug-likeness (QED) is 0.497. The lowest BCUT2D eigenvalue weighted by atomic mass is 9.97. The van der Waals surface area contributed by atoms with Gasteiger partial charge in [-0.05, 0) is 25.0 Å². The van der Waals surface area contributed by atoms with Crippen LogP contribution >= 0.6 is 0 Å². The molecule has 114 valence electrons. The monoisotopic (exact) mass is 293 g/mol. The molecule has 0 saturated carbocycles. The van der Waals surface area contributed by atoms with Gasteiger partial charge >= 0.3 is 0 Å². The molecule has 0 aliphatic carbocycles. The van der Waals surface area contributed by atoms with Crippen LogP contribution in [0.2, 0.25) is 0 Å². The normalized spacial score (nSPS) is 17.4. The number of nitro benzene ring substituents is 1. The molecule has 1 saturated heterocycles. The fourth-order valence-corrected chi connectivity index (χ4v) is 2.76. The standard InChI is InChI=1S/C15H20FN3O2/c1-2-3-4-14(18-9-7-17-8-10-18)13-11-12(16)5-6-15(13)19(20)21/h2,5-6,11,14,17H,1,3-4,7-10H2/t14-/m0/s1. The van der Waals surface area contributed by atoms with Gasteiger partial charge < -0.3 is 5.32 Å². The van der Waals surface area contributed by atoms with Gasteiger partial charge in [0.2, 0.25) is 0 Å². The number of hydrogen-bond acceptors (Lipinski definition) is 4. The summed E-state index contributed by atoms with van der Waals surface area (Å²) in [5.74, 6) is -0.436. The van der Waals surface area contributed by atoms with E-state index < -0.39 is 10.7 Å². The van der Waals surface area contributed by atoms with E-state index in [0.29, 0.717) is 12.0 Å². The summed E-state index contributed by atoms with van der Waals surface area (Å²) in [6.07, 6.45) is 3.23. The van der Waals surface area contributed by atoms with Gasteiger partial charge in [-0.2, -0.15) is 0 Å². The predicted molar refractivity (Wildman–Crippen MR) is 79.7 cm³/mol. The topological polar surface area (TPSA) is 58.4 Å². The van der Waals surface area contributed by atoms with Crippen molar-refractivity contribution in [2.45, 2.75) is 18.9 Å². The number of rotatable bonds is 6. The molecule has 5 nitrogen and oxygen atoms in total. The first kappa shape index (κ1) is 15.6. The number of hydrogen-bond donors (Lipinski definition) is 1. The number of nitrogens with zero attached hydrogens (tertiary/aromatic N) is 2. The molecule has 0 aromatic heterocycles. The van der Waals surface area contributed by atoms with E-state index in [1.165, 1.54) is 12.1 Å². The van der Waals surface area contributed by atoms with Gasteiger partial charge in [0.1, 0.15) is 5.82 Å². The van der Waals surface area contributed by atoms with Crippen LogP contribution in [0.5, 0.6) is 0 Å². The molecule has 1 N–H and O–H groups in total. The number of nitrogens with one attached hydrogen (secondary N) is 1. The Morgan fingerprint density at radius 2 is 2.19 bits per heavy atom. The van der Waals surface area contributed by atoms with Crippen LogP contribution in [0.25, 0.3) is 0 Å². The van der Waals surface area contributed by atoms with Crippen molar-refractivity contribution in [2.75, 3.05) is 26.2 Å². The van der Waals surface area contributed by atoms with E-state index in [2.05, 4.69) is 16.8 Å². The van der Waals surface area contributed by atoms with Gasteiger partial charge in [-0.15, -0.1) is 6.58 Å². The summed E-state index contributed by atoms with van der Waals surface area (Å²) in [6, 6.07) is 3.55. The van der Waals surface area contributed by atoms with Crippen molar-refractivity contribution in [3.63, 3.8) is 0 Å². The summed E-state index contributed by atoms with van der Waals surface area (Å²) in [6.45, 7) is 6.99. The highest BCUT2D eigenvalue weighted by Crippen LogP contribution is 2.33. The van der Waals surface area contributed by atoms with Crippen LogP contribution in [0.15, 0.2) is 30.9 Å². The Hall–Kier alpha value is -1.79. The van der Waals surface area contributed by atoms with Crippen LogP contribution in [0.1, 0.15) is 24.4 Å². The van der Waals surface area contributed by atoms with E-state index in [1.807, 2.05) is 0 Å². The van der Waals surface area contributed by atoms with E-state index in [9.17, 15) is 14.5 Å². The Kier molecular flexibility index (Phi) is 5.41. The molecule has 2 rings (SSSR count). The fraction of sp³-hybridized carbons (Fsp3) is 0.467. The summed E-state index contributed by atoms with van der Waals surface area (Å²) in [7, 11) is 0. The van der Waals surface area contributed by atoms with Crippen LogP contribution in [0.3, 0.4) is 0 Å². The summed E-state index contributed by atoms with van der Waals surface area (Å²) in [4.78, 5) is 13.0. The molecule has 1 aliphatic rings. The molecule has 0 spiro atoms. The highest BCUT2D eigenvalue weighted by molar-refractivity contribution is 5.42. The zero-order valence-electron chi connectivity index (χ0n) is 11.9. The third-order valence-electron chi connectivity index (χ3n) is 3.78. The second-order valence-electron chi connectivity index (χ2n) is 5.13. The van der Waals surface area contributed by atoms with Crippen LogP contribution in [-0.2, 0) is 0 Å². The largest absolute Gasteiger partial charge is 0.314 e. The molecule has 21 heavy (non-hydrogen) atoms. The maximum atomic E-state index is 13.6. The average Bonchev–Trinajstić information content (AvgIpc) is 2.48. The third kappa shape index (κ3) is 3.86. The molecule has 1 aromatic rings. The first-order valence-electron chi connectivity index (χ1n) is 7.13. The predicted octanol–water partition coefficient (Wildman–Crippen LogP) is 2.65. The molecule has 1 fully saturated rings. The number of piperazine rings is 1. The zero-order chi connectivity index (χ0) is 15.2. The van der Waals surface area contributed by atoms with Gasteiger partial charge in [-0.3, -0.25) is 15.0 Å². The first-order chi connectivity index (χ1) is 10.1. The van der Waals surface area contributed by atoms with Crippen molar-refractivity contribution in [1.29, 1.82) is 0 Å². The van der Waals surface area contributed by atoms with Gasteiger partial charge in [0.25, 0.3) is 5.69 Å². The van der Waals surface area contributed by atoms with Crippen molar-refractivity contribution in [3.05, 3.63) is 52.3 Å². The maximum Gasteiger partial charge on any atom is 0.274 e. The van der Waals surface area contributed by atoms with Crippen molar-refractivity contribution < 1.29 is 9.31 Å². The minimum atomic E-state index is -0.436. The van der Waals surface area contributed by atoms with E-state index in [-0.39, 0.29) is 11.7 Å². The second kappa shape index (κ2) is 7.28. The molecule has 0 bridgehead atoms. The lowest BCUT2D eigenvalue weighted by molar-refractivity contribution is -0.386. The fourth-order valence-electron chi connectivity index (χ4n) is 2.76. The molecule has 6 heteroatoms. The van der Waals surface area contributed by atoms with Crippen LogP contribution < -0.4 is 5.32 Å². The molecule has 0 unspecified atom stereocenters. The maximum absolute atomic E-state index is 13.6. The molecule has 1 atom stereocenters. The molecular weight excluding hydrogens is 273 g/mol.